The molecule has 0 aliphatic heterocycles. The number of hydrogen-bond donors (Lipinski definition) is 0. The minimum Gasteiger partial charge on any atom is -0.448 e. The predicted molar refractivity (Wildman–Crippen MR) is 59.7 cm³/mol. The molecule has 2 bridgehead atoms. The van der Waals surface area contributed by atoms with Gasteiger partial charge in [-0.1, -0.05) is 20.4 Å². The highest BCUT2D eigenvalue weighted by atomic mass is 16.6. The first kappa shape index (κ1) is 11.4. The standard InChI is InChI=1S/C13H18O3/c1-5-11(15)16-13(4)9-6-8(7-10(13)14)12(9,2)3/h5,8-9H,1,6-7H2,2-4H3. The molecule has 3 aliphatic rings. The van der Waals surface area contributed by atoms with Gasteiger partial charge in [0.2, 0.25) is 0 Å². The maximum Gasteiger partial charge on any atom is 0.331 e. The summed E-state index contributed by atoms with van der Waals surface area (Å²) in [5.74, 6) is 0.163. The Kier molecular flexibility index (Phi) is 2.26. The Hall–Kier alpha value is -1.12. The van der Waals surface area contributed by atoms with E-state index in [2.05, 4.69) is 20.4 Å². The van der Waals surface area contributed by atoms with Crippen LogP contribution in [0.5, 0.6) is 0 Å². The van der Waals surface area contributed by atoms with Gasteiger partial charge in [-0.2, -0.15) is 0 Å². The Labute approximate surface area is 95.9 Å². The second-order valence-corrected chi connectivity index (χ2v) is 5.67. The number of rotatable bonds is 2. The summed E-state index contributed by atoms with van der Waals surface area (Å²) in [5.41, 5.74) is -0.840. The van der Waals surface area contributed by atoms with Gasteiger partial charge in [-0.25, -0.2) is 4.79 Å². The second kappa shape index (κ2) is 3.19. The third-order valence-corrected chi connectivity index (χ3v) is 4.60. The van der Waals surface area contributed by atoms with Crippen LogP contribution in [0.1, 0.15) is 33.6 Å². The lowest BCUT2D eigenvalue weighted by molar-refractivity contribution is -0.210. The van der Waals surface area contributed by atoms with Crippen LogP contribution >= 0.6 is 0 Å². The van der Waals surface area contributed by atoms with E-state index in [9.17, 15) is 9.59 Å². The first-order valence-electron chi connectivity index (χ1n) is 5.71. The van der Waals surface area contributed by atoms with Gasteiger partial charge in [-0.15, -0.1) is 0 Å². The Bertz CT molecular complexity index is 369. The van der Waals surface area contributed by atoms with Gasteiger partial charge in [-0.3, -0.25) is 4.79 Å². The Morgan fingerprint density at radius 3 is 2.62 bits per heavy atom. The second-order valence-electron chi connectivity index (χ2n) is 5.67. The van der Waals surface area contributed by atoms with E-state index in [-0.39, 0.29) is 17.1 Å². The fourth-order valence-electron chi connectivity index (χ4n) is 3.30. The summed E-state index contributed by atoms with van der Waals surface area (Å²) in [5, 5.41) is 0. The summed E-state index contributed by atoms with van der Waals surface area (Å²) in [4.78, 5) is 23.3. The molecule has 88 valence electrons. The topological polar surface area (TPSA) is 43.4 Å². The van der Waals surface area contributed by atoms with Gasteiger partial charge in [0.25, 0.3) is 0 Å². The molecule has 3 fully saturated rings. The molecule has 3 nitrogen and oxygen atoms in total. The molecule has 0 spiro atoms. The fraction of sp³-hybridized carbons (Fsp3) is 0.692. The summed E-state index contributed by atoms with van der Waals surface area (Å²) in [6.07, 6.45) is 2.64. The fourth-order valence-corrected chi connectivity index (χ4v) is 3.30. The molecule has 0 N–H and O–H groups in total. The SMILES string of the molecule is C=CC(=O)OC1(C)C(=O)CC2CC1C2(C)C. The molecule has 0 aromatic rings. The summed E-state index contributed by atoms with van der Waals surface area (Å²) < 4.78 is 5.32. The largest absolute Gasteiger partial charge is 0.448 e. The molecule has 3 heteroatoms. The van der Waals surface area contributed by atoms with Gasteiger partial charge in [0.1, 0.15) is 0 Å². The molecule has 3 saturated carbocycles. The van der Waals surface area contributed by atoms with Crippen molar-refractivity contribution >= 4 is 11.8 Å². The molecule has 0 aromatic carbocycles. The lowest BCUT2D eigenvalue weighted by atomic mass is 9.44. The molecule has 16 heavy (non-hydrogen) atoms. The molecular formula is C13H18O3. The number of Topliss-reactive ketones (excluding diaryl/α,β-unsaturated/α-hetero) is 1. The zero-order chi connectivity index (χ0) is 12.1. The van der Waals surface area contributed by atoms with Gasteiger partial charge in [0.05, 0.1) is 0 Å². The number of ketones is 1. The number of fused-ring (bicyclic) bond motifs is 2. The van der Waals surface area contributed by atoms with Gasteiger partial charge in [0, 0.05) is 18.4 Å². The van der Waals surface area contributed by atoms with Crippen molar-refractivity contribution in [3.05, 3.63) is 12.7 Å². The van der Waals surface area contributed by atoms with Crippen molar-refractivity contribution in [1.29, 1.82) is 0 Å². The van der Waals surface area contributed by atoms with E-state index >= 15 is 0 Å². The lowest BCUT2D eigenvalue weighted by Gasteiger charge is -2.62. The Morgan fingerprint density at radius 2 is 2.12 bits per heavy atom. The van der Waals surface area contributed by atoms with Crippen molar-refractivity contribution in [2.45, 2.75) is 39.2 Å². The zero-order valence-electron chi connectivity index (χ0n) is 10.1. The highest BCUT2D eigenvalue weighted by Crippen LogP contribution is 2.62. The zero-order valence-corrected chi connectivity index (χ0v) is 10.1. The van der Waals surface area contributed by atoms with Crippen LogP contribution in [0.15, 0.2) is 12.7 Å². The van der Waals surface area contributed by atoms with Gasteiger partial charge in [-0.05, 0) is 24.7 Å². The molecule has 3 aliphatic carbocycles. The summed E-state index contributed by atoms with van der Waals surface area (Å²) in [6.45, 7) is 9.42. The molecule has 3 rings (SSSR count). The molecule has 3 unspecified atom stereocenters. The molecule has 0 heterocycles. The Morgan fingerprint density at radius 1 is 1.50 bits per heavy atom. The van der Waals surface area contributed by atoms with E-state index < -0.39 is 11.6 Å². The first-order valence-corrected chi connectivity index (χ1v) is 5.71. The monoisotopic (exact) mass is 222 g/mol. The minimum atomic E-state index is -0.941. The smallest absolute Gasteiger partial charge is 0.331 e. The van der Waals surface area contributed by atoms with Crippen LogP contribution < -0.4 is 0 Å². The molecule has 3 atom stereocenters. The maximum absolute atomic E-state index is 12.0. The van der Waals surface area contributed by atoms with Crippen LogP contribution in [0.4, 0.5) is 0 Å². The van der Waals surface area contributed by atoms with Crippen LogP contribution in [0.25, 0.3) is 0 Å². The van der Waals surface area contributed by atoms with E-state index in [4.69, 9.17) is 4.74 Å². The van der Waals surface area contributed by atoms with Crippen LogP contribution in [0.2, 0.25) is 0 Å². The number of carbonyl (C=O) groups excluding carboxylic acids is 2. The van der Waals surface area contributed by atoms with Gasteiger partial charge >= 0.3 is 5.97 Å². The number of carbonyl (C=O) groups is 2. The average Bonchev–Trinajstić information content (AvgIpc) is 2.21. The normalized spacial score (nSPS) is 39.8. The van der Waals surface area contributed by atoms with Crippen LogP contribution in [0, 0.1) is 17.3 Å². The maximum atomic E-state index is 12.0. The minimum absolute atomic E-state index is 0.0586. The van der Waals surface area contributed by atoms with Crippen LogP contribution in [0.3, 0.4) is 0 Å². The summed E-state index contributed by atoms with van der Waals surface area (Å²) >= 11 is 0. The molecule has 0 radical (unpaired) electrons. The van der Waals surface area contributed by atoms with Gasteiger partial charge < -0.3 is 4.74 Å². The van der Waals surface area contributed by atoms with Crippen molar-refractivity contribution in [3.63, 3.8) is 0 Å². The van der Waals surface area contributed by atoms with Crippen molar-refractivity contribution in [3.8, 4) is 0 Å². The molecule has 0 saturated heterocycles. The summed E-state index contributed by atoms with van der Waals surface area (Å²) in [6, 6.07) is 0. The molecular weight excluding hydrogens is 204 g/mol. The van der Waals surface area contributed by atoms with Crippen molar-refractivity contribution in [2.75, 3.05) is 0 Å². The highest BCUT2D eigenvalue weighted by Gasteiger charge is 2.65. The lowest BCUT2D eigenvalue weighted by Crippen LogP contribution is -2.66. The van der Waals surface area contributed by atoms with E-state index in [1.165, 1.54) is 0 Å². The Balaban J connectivity index is 2.27. The molecule has 0 amide bonds. The highest BCUT2D eigenvalue weighted by molar-refractivity contribution is 5.93. The van der Waals surface area contributed by atoms with E-state index in [1.807, 2.05) is 0 Å². The molecule has 0 aromatic heterocycles. The predicted octanol–water partition coefficient (Wildman–Crippen LogP) is 2.11. The average molecular weight is 222 g/mol. The summed E-state index contributed by atoms with van der Waals surface area (Å²) in [7, 11) is 0. The van der Waals surface area contributed by atoms with E-state index in [1.54, 1.807) is 6.92 Å². The number of ether oxygens (including phenoxy) is 1. The van der Waals surface area contributed by atoms with Crippen molar-refractivity contribution in [2.24, 2.45) is 17.3 Å². The number of hydrogen-bond acceptors (Lipinski definition) is 3. The third-order valence-electron chi connectivity index (χ3n) is 4.60. The third kappa shape index (κ3) is 1.27. The first-order chi connectivity index (χ1) is 7.32. The number of esters is 1. The van der Waals surface area contributed by atoms with Crippen LogP contribution in [-0.4, -0.2) is 17.4 Å². The van der Waals surface area contributed by atoms with Gasteiger partial charge in [0.15, 0.2) is 11.4 Å². The van der Waals surface area contributed by atoms with Crippen molar-refractivity contribution in [1.82, 2.24) is 0 Å². The van der Waals surface area contributed by atoms with Crippen LogP contribution in [-0.2, 0) is 14.3 Å². The van der Waals surface area contributed by atoms with E-state index in [0.717, 1.165) is 12.5 Å². The quantitative estimate of drug-likeness (QED) is 0.531. The van der Waals surface area contributed by atoms with Crippen molar-refractivity contribution < 1.29 is 14.3 Å². The van der Waals surface area contributed by atoms with E-state index in [0.29, 0.717) is 12.3 Å².